The topological polar surface area (TPSA) is 45.8 Å². The molecule has 3 nitrogen and oxygen atoms in total. The second-order valence-corrected chi connectivity index (χ2v) is 3.40. The molecule has 0 aliphatic carbocycles. The molecule has 0 saturated carbocycles. The van der Waals surface area contributed by atoms with Crippen LogP contribution >= 0.6 is 0 Å². The fraction of sp³-hybridized carbons (Fsp3) is 0. The molecule has 0 spiro atoms. The summed E-state index contributed by atoms with van der Waals surface area (Å²) in [5.74, 6) is 0. The van der Waals surface area contributed by atoms with Gasteiger partial charge < -0.3 is 4.98 Å². The third-order valence-corrected chi connectivity index (χ3v) is 2.48. The van der Waals surface area contributed by atoms with Crippen molar-refractivity contribution in [2.24, 2.45) is 0 Å². The highest BCUT2D eigenvalue weighted by Crippen LogP contribution is 2.11. The van der Waals surface area contributed by atoms with Crippen LogP contribution in [0.3, 0.4) is 0 Å². The molecule has 2 aromatic heterocycles. The molecule has 0 aliphatic heterocycles. The van der Waals surface area contributed by atoms with E-state index in [-0.39, 0.29) is 5.43 Å². The molecule has 1 aromatic carbocycles. The Kier molecular flexibility index (Phi) is 1.59. The molecular formula is C12H8N2O. The Morgan fingerprint density at radius 2 is 1.80 bits per heavy atom. The van der Waals surface area contributed by atoms with E-state index in [9.17, 15) is 4.79 Å². The molecule has 0 amide bonds. The van der Waals surface area contributed by atoms with E-state index in [1.807, 2.05) is 24.3 Å². The molecule has 0 saturated heterocycles. The van der Waals surface area contributed by atoms with Crippen molar-refractivity contribution >= 4 is 21.9 Å². The Balaban J connectivity index is 2.66. The molecule has 3 heteroatoms. The smallest absolute Gasteiger partial charge is 0.198 e. The van der Waals surface area contributed by atoms with Crippen LogP contribution in [0, 0.1) is 0 Å². The maximum Gasteiger partial charge on any atom is 0.198 e. The van der Waals surface area contributed by atoms with Crippen molar-refractivity contribution in [2.75, 3.05) is 0 Å². The number of hydrogen-bond donors (Lipinski definition) is 1. The average Bonchev–Trinajstić information content (AvgIpc) is 2.30. The second-order valence-electron chi connectivity index (χ2n) is 3.40. The first-order valence-electron chi connectivity index (χ1n) is 4.72. The number of fused-ring (bicyclic) bond motifs is 2. The number of benzene rings is 1. The van der Waals surface area contributed by atoms with Gasteiger partial charge in [0.1, 0.15) is 5.65 Å². The molecule has 0 aliphatic rings. The summed E-state index contributed by atoms with van der Waals surface area (Å²) >= 11 is 0. The first-order chi connectivity index (χ1) is 7.36. The summed E-state index contributed by atoms with van der Waals surface area (Å²) in [5, 5.41) is 1.34. The Morgan fingerprint density at radius 1 is 1.00 bits per heavy atom. The summed E-state index contributed by atoms with van der Waals surface area (Å²) in [7, 11) is 0. The van der Waals surface area contributed by atoms with Gasteiger partial charge in [0.25, 0.3) is 0 Å². The molecule has 0 unspecified atom stereocenters. The van der Waals surface area contributed by atoms with Gasteiger partial charge in [-0.2, -0.15) is 0 Å². The summed E-state index contributed by atoms with van der Waals surface area (Å²) in [5.41, 5.74) is 1.50. The predicted octanol–water partition coefficient (Wildman–Crippen LogP) is 2.08. The number of aromatic nitrogens is 2. The summed E-state index contributed by atoms with van der Waals surface area (Å²) in [6.07, 6.45) is 1.67. The normalized spacial score (nSPS) is 10.9. The van der Waals surface area contributed by atoms with Crippen molar-refractivity contribution in [3.8, 4) is 0 Å². The van der Waals surface area contributed by atoms with Gasteiger partial charge in [-0.05, 0) is 24.3 Å². The van der Waals surface area contributed by atoms with Crippen LogP contribution < -0.4 is 5.43 Å². The fourth-order valence-electron chi connectivity index (χ4n) is 1.75. The highest BCUT2D eigenvalue weighted by Gasteiger charge is 2.03. The number of H-pyrrole nitrogens is 1. The highest BCUT2D eigenvalue weighted by molar-refractivity contribution is 5.90. The van der Waals surface area contributed by atoms with E-state index < -0.39 is 0 Å². The van der Waals surface area contributed by atoms with Crippen molar-refractivity contribution in [1.29, 1.82) is 0 Å². The van der Waals surface area contributed by atoms with Gasteiger partial charge in [0, 0.05) is 11.6 Å². The standard InChI is InChI=1S/C12H8N2O/c15-11-8-4-1-2-6-10(8)14-12-9(11)5-3-7-13-12/h1-7H,(H,13,14,15). The molecule has 0 radical (unpaired) electrons. The molecule has 3 rings (SSSR count). The molecule has 0 bridgehead atoms. The number of para-hydroxylation sites is 1. The Hall–Kier alpha value is -2.16. The third kappa shape index (κ3) is 1.13. The lowest BCUT2D eigenvalue weighted by molar-refractivity contribution is 1.32. The van der Waals surface area contributed by atoms with Gasteiger partial charge in [0.15, 0.2) is 5.43 Å². The van der Waals surface area contributed by atoms with Crippen LogP contribution in [0.15, 0.2) is 47.4 Å². The third-order valence-electron chi connectivity index (χ3n) is 2.48. The minimum atomic E-state index is 0.0347. The summed E-state index contributed by atoms with van der Waals surface area (Å²) < 4.78 is 0. The van der Waals surface area contributed by atoms with Crippen molar-refractivity contribution in [1.82, 2.24) is 9.97 Å². The van der Waals surface area contributed by atoms with Crippen LogP contribution in [0.25, 0.3) is 21.9 Å². The van der Waals surface area contributed by atoms with Crippen LogP contribution in [0.1, 0.15) is 0 Å². The minimum absolute atomic E-state index is 0.0347. The SMILES string of the molecule is O=c1c2ccccc2[nH]c2ncccc12. The van der Waals surface area contributed by atoms with Gasteiger partial charge in [-0.25, -0.2) is 4.98 Å². The molecule has 0 fully saturated rings. The maximum atomic E-state index is 12.0. The Labute approximate surface area is 85.4 Å². The number of nitrogens with one attached hydrogen (secondary N) is 1. The largest absolute Gasteiger partial charge is 0.339 e. The lowest BCUT2D eigenvalue weighted by atomic mass is 10.1. The lowest BCUT2D eigenvalue weighted by Crippen LogP contribution is -2.04. The zero-order valence-corrected chi connectivity index (χ0v) is 7.90. The summed E-state index contributed by atoms with van der Waals surface area (Å²) in [4.78, 5) is 19.3. The first-order valence-corrected chi connectivity index (χ1v) is 4.72. The van der Waals surface area contributed by atoms with Gasteiger partial charge in [0.2, 0.25) is 0 Å². The number of aromatic amines is 1. The van der Waals surface area contributed by atoms with Crippen molar-refractivity contribution in [3.05, 3.63) is 52.8 Å². The van der Waals surface area contributed by atoms with Crippen LogP contribution in [-0.4, -0.2) is 9.97 Å². The maximum absolute atomic E-state index is 12.0. The monoisotopic (exact) mass is 196 g/mol. The van der Waals surface area contributed by atoms with Gasteiger partial charge in [-0.3, -0.25) is 4.79 Å². The summed E-state index contributed by atoms with van der Waals surface area (Å²) in [6, 6.07) is 11.0. The molecule has 2 heterocycles. The fourth-order valence-corrected chi connectivity index (χ4v) is 1.75. The quantitative estimate of drug-likeness (QED) is 0.559. The average molecular weight is 196 g/mol. The van der Waals surface area contributed by atoms with E-state index in [2.05, 4.69) is 9.97 Å². The van der Waals surface area contributed by atoms with E-state index in [4.69, 9.17) is 0 Å². The van der Waals surface area contributed by atoms with Crippen LogP contribution in [0.4, 0.5) is 0 Å². The number of rotatable bonds is 0. The molecule has 72 valence electrons. The van der Waals surface area contributed by atoms with Crippen molar-refractivity contribution in [3.63, 3.8) is 0 Å². The van der Waals surface area contributed by atoms with Crippen LogP contribution in [0.5, 0.6) is 0 Å². The molecule has 15 heavy (non-hydrogen) atoms. The minimum Gasteiger partial charge on any atom is -0.339 e. The van der Waals surface area contributed by atoms with Crippen LogP contribution in [-0.2, 0) is 0 Å². The second kappa shape index (κ2) is 2.92. The lowest BCUT2D eigenvalue weighted by Gasteiger charge is -2.00. The zero-order chi connectivity index (χ0) is 10.3. The Bertz CT molecular complexity index is 643. The highest BCUT2D eigenvalue weighted by atomic mass is 16.1. The zero-order valence-electron chi connectivity index (χ0n) is 7.90. The molecule has 1 N–H and O–H groups in total. The van der Waals surface area contributed by atoms with E-state index in [1.54, 1.807) is 18.3 Å². The van der Waals surface area contributed by atoms with Gasteiger partial charge in [0.05, 0.1) is 10.9 Å². The number of nitrogens with zero attached hydrogens (tertiary/aromatic N) is 1. The molecule has 3 aromatic rings. The number of hydrogen-bond acceptors (Lipinski definition) is 2. The van der Waals surface area contributed by atoms with E-state index in [0.717, 1.165) is 5.52 Å². The van der Waals surface area contributed by atoms with Gasteiger partial charge in [-0.1, -0.05) is 12.1 Å². The van der Waals surface area contributed by atoms with Crippen LogP contribution in [0.2, 0.25) is 0 Å². The Morgan fingerprint density at radius 3 is 2.73 bits per heavy atom. The number of pyridine rings is 2. The van der Waals surface area contributed by atoms with Crippen molar-refractivity contribution < 1.29 is 0 Å². The summed E-state index contributed by atoms with van der Waals surface area (Å²) in [6.45, 7) is 0. The van der Waals surface area contributed by atoms with Gasteiger partial charge in [-0.15, -0.1) is 0 Å². The molecular weight excluding hydrogens is 188 g/mol. The van der Waals surface area contributed by atoms with E-state index in [1.165, 1.54) is 0 Å². The van der Waals surface area contributed by atoms with E-state index in [0.29, 0.717) is 16.4 Å². The van der Waals surface area contributed by atoms with Crippen molar-refractivity contribution in [2.45, 2.75) is 0 Å². The van der Waals surface area contributed by atoms with Gasteiger partial charge >= 0.3 is 0 Å². The van der Waals surface area contributed by atoms with E-state index >= 15 is 0 Å². The first kappa shape index (κ1) is 8.17. The predicted molar refractivity (Wildman–Crippen MR) is 59.9 cm³/mol. The molecule has 0 atom stereocenters.